The molecule has 1 amide bonds. The second-order valence-electron chi connectivity index (χ2n) is 6.71. The average Bonchev–Trinajstić information content (AvgIpc) is 3.20. The number of nitrogens with zero attached hydrogens (tertiary/aromatic N) is 2. The molecule has 3 aliphatic rings. The van der Waals surface area contributed by atoms with Crippen LogP contribution < -0.4 is 0 Å². The van der Waals surface area contributed by atoms with Gasteiger partial charge in [0.15, 0.2) is 0 Å². The van der Waals surface area contributed by atoms with Gasteiger partial charge in [-0.3, -0.25) is 9.78 Å². The highest BCUT2D eigenvalue weighted by Crippen LogP contribution is 2.52. The molecule has 5 nitrogen and oxygen atoms in total. The summed E-state index contributed by atoms with van der Waals surface area (Å²) in [4.78, 5) is 16.5. The van der Waals surface area contributed by atoms with Gasteiger partial charge in [0, 0.05) is 18.9 Å². The summed E-state index contributed by atoms with van der Waals surface area (Å²) in [6.45, 7) is 0.318. The van der Waals surface area contributed by atoms with E-state index in [4.69, 9.17) is 0 Å². The molecular formula is C17H21ClN2O3S. The highest BCUT2D eigenvalue weighted by atomic mass is 35.5. The Kier molecular flexibility index (Phi) is 4.71. The summed E-state index contributed by atoms with van der Waals surface area (Å²) < 4.78 is 26.6. The van der Waals surface area contributed by atoms with Gasteiger partial charge in [-0.05, 0) is 55.2 Å². The number of amides is 1. The molecule has 7 heteroatoms. The summed E-state index contributed by atoms with van der Waals surface area (Å²) in [5.41, 5.74) is 1.19. The number of sulfonamides is 1. The third-order valence-corrected chi connectivity index (χ3v) is 7.70. The molecule has 2 fully saturated rings. The van der Waals surface area contributed by atoms with E-state index in [1.54, 1.807) is 12.4 Å². The Labute approximate surface area is 148 Å². The fourth-order valence-electron chi connectivity index (χ4n) is 4.32. The van der Waals surface area contributed by atoms with Crippen LogP contribution in [0.3, 0.4) is 0 Å². The lowest BCUT2D eigenvalue weighted by atomic mass is 9.92. The topological polar surface area (TPSA) is 67.3 Å². The highest BCUT2D eigenvalue weighted by Gasteiger charge is 2.62. The molecule has 0 aromatic carbocycles. The van der Waals surface area contributed by atoms with E-state index >= 15 is 0 Å². The molecule has 0 radical (unpaired) electrons. The van der Waals surface area contributed by atoms with Crippen molar-refractivity contribution in [3.8, 4) is 0 Å². The first-order valence-corrected chi connectivity index (χ1v) is 9.72. The molecule has 4 atom stereocenters. The number of hydrogen-bond donors (Lipinski definition) is 0. The van der Waals surface area contributed by atoms with Gasteiger partial charge >= 0.3 is 0 Å². The fraction of sp³-hybridized carbons (Fsp3) is 0.529. The zero-order valence-electron chi connectivity index (χ0n) is 13.2. The Morgan fingerprint density at radius 3 is 2.54 bits per heavy atom. The first-order valence-electron chi connectivity index (χ1n) is 8.21. The molecule has 1 aromatic rings. The molecule has 1 saturated carbocycles. The number of fused-ring (bicyclic) bond motifs is 5. The van der Waals surface area contributed by atoms with E-state index in [9.17, 15) is 13.2 Å². The van der Waals surface area contributed by atoms with Crippen LogP contribution >= 0.6 is 12.4 Å². The van der Waals surface area contributed by atoms with Gasteiger partial charge in [0.05, 0.1) is 11.2 Å². The smallest absolute Gasteiger partial charge is 0.241 e. The zero-order valence-corrected chi connectivity index (χ0v) is 14.9. The standard InChI is InChI=1S/C17H20N2O3S.ClH/c20-17-15-13-4-5-14(11-13)16(15)23(21,22)19(17)10-2-1-3-12-6-8-18-9-7-12;/h4-9,13-16H,1-3,10-11H2;1H. The minimum Gasteiger partial charge on any atom is -0.273 e. The summed E-state index contributed by atoms with van der Waals surface area (Å²) in [6, 6.07) is 3.93. The SMILES string of the molecule is Cl.O=C1C2C3C=CC(C3)C2S(=O)(=O)N1CCCCc1ccncc1. The van der Waals surface area contributed by atoms with E-state index in [0.717, 1.165) is 19.3 Å². The molecule has 1 aromatic heterocycles. The van der Waals surface area contributed by atoms with E-state index in [2.05, 4.69) is 4.98 Å². The minimum absolute atomic E-state index is 0. The van der Waals surface area contributed by atoms with Crippen LogP contribution in [0.1, 0.15) is 24.8 Å². The number of carbonyl (C=O) groups is 1. The third kappa shape index (κ3) is 2.65. The number of aryl methyl sites for hydroxylation is 1. The predicted octanol–water partition coefficient (Wildman–Crippen LogP) is 2.19. The largest absolute Gasteiger partial charge is 0.273 e. The van der Waals surface area contributed by atoms with Gasteiger partial charge in [0.1, 0.15) is 0 Å². The minimum atomic E-state index is -3.47. The molecule has 4 unspecified atom stereocenters. The second kappa shape index (κ2) is 6.48. The van der Waals surface area contributed by atoms with Crippen molar-refractivity contribution >= 4 is 28.3 Å². The molecule has 1 aliphatic heterocycles. The van der Waals surface area contributed by atoms with E-state index in [0.29, 0.717) is 13.0 Å². The lowest BCUT2D eigenvalue weighted by molar-refractivity contribution is -0.129. The number of unbranched alkanes of at least 4 members (excludes halogenated alkanes) is 1. The van der Waals surface area contributed by atoms with Crippen LogP contribution in [0.4, 0.5) is 0 Å². The van der Waals surface area contributed by atoms with Gasteiger partial charge < -0.3 is 0 Å². The molecule has 4 rings (SSSR count). The molecule has 130 valence electrons. The van der Waals surface area contributed by atoms with Crippen LogP contribution in [-0.4, -0.2) is 35.4 Å². The first kappa shape index (κ1) is 17.4. The Bertz CT molecular complexity index is 750. The third-order valence-electron chi connectivity index (χ3n) is 5.40. The molecule has 0 N–H and O–H groups in total. The number of aromatic nitrogens is 1. The van der Waals surface area contributed by atoms with Crippen LogP contribution in [0, 0.1) is 17.8 Å². The lowest BCUT2D eigenvalue weighted by Crippen LogP contribution is -2.34. The average molecular weight is 369 g/mol. The monoisotopic (exact) mass is 368 g/mol. The van der Waals surface area contributed by atoms with Crippen LogP contribution in [0.25, 0.3) is 0 Å². The Balaban J connectivity index is 0.00000169. The first-order chi connectivity index (χ1) is 11.1. The van der Waals surface area contributed by atoms with Gasteiger partial charge in [-0.25, -0.2) is 12.7 Å². The highest BCUT2D eigenvalue weighted by molar-refractivity contribution is 7.90. The number of halogens is 1. The molecular weight excluding hydrogens is 348 g/mol. The van der Waals surface area contributed by atoms with Gasteiger partial charge in [-0.1, -0.05) is 12.2 Å². The van der Waals surface area contributed by atoms with E-state index < -0.39 is 15.3 Å². The quantitative estimate of drug-likeness (QED) is 0.590. The number of rotatable bonds is 5. The van der Waals surface area contributed by atoms with Crippen molar-refractivity contribution in [2.75, 3.05) is 6.54 Å². The molecule has 1 saturated heterocycles. The van der Waals surface area contributed by atoms with Crippen molar-refractivity contribution in [2.45, 2.75) is 30.9 Å². The fourth-order valence-corrected chi connectivity index (χ4v) is 6.70. The molecule has 2 bridgehead atoms. The van der Waals surface area contributed by atoms with E-state index in [-0.39, 0.29) is 36.1 Å². The predicted molar refractivity (Wildman–Crippen MR) is 93.1 cm³/mol. The number of carbonyl (C=O) groups excluding carboxylic acids is 1. The van der Waals surface area contributed by atoms with Crippen molar-refractivity contribution < 1.29 is 13.2 Å². The van der Waals surface area contributed by atoms with E-state index in [1.165, 1.54) is 9.87 Å². The number of hydrogen-bond acceptors (Lipinski definition) is 4. The van der Waals surface area contributed by atoms with Crippen molar-refractivity contribution in [3.63, 3.8) is 0 Å². The maximum absolute atomic E-state index is 12.7. The van der Waals surface area contributed by atoms with Gasteiger partial charge in [-0.15, -0.1) is 12.4 Å². The number of pyridine rings is 1. The van der Waals surface area contributed by atoms with Crippen LogP contribution in [-0.2, 0) is 21.2 Å². The van der Waals surface area contributed by atoms with Crippen molar-refractivity contribution in [2.24, 2.45) is 17.8 Å². The van der Waals surface area contributed by atoms with Crippen molar-refractivity contribution in [1.82, 2.24) is 9.29 Å². The Morgan fingerprint density at radius 2 is 1.83 bits per heavy atom. The molecule has 24 heavy (non-hydrogen) atoms. The Morgan fingerprint density at radius 1 is 1.12 bits per heavy atom. The number of allylic oxidation sites excluding steroid dienone is 2. The summed E-state index contributed by atoms with van der Waals surface area (Å²) in [7, 11) is -3.47. The summed E-state index contributed by atoms with van der Waals surface area (Å²) >= 11 is 0. The summed E-state index contributed by atoms with van der Waals surface area (Å²) in [6.07, 6.45) is 10.8. The van der Waals surface area contributed by atoms with Gasteiger partial charge in [-0.2, -0.15) is 0 Å². The molecule has 0 spiro atoms. The maximum Gasteiger partial charge on any atom is 0.241 e. The second-order valence-corrected chi connectivity index (χ2v) is 8.72. The van der Waals surface area contributed by atoms with Crippen molar-refractivity contribution in [1.29, 1.82) is 0 Å². The molecule has 2 aliphatic carbocycles. The van der Waals surface area contributed by atoms with Crippen LogP contribution in [0.2, 0.25) is 0 Å². The van der Waals surface area contributed by atoms with Crippen molar-refractivity contribution in [3.05, 3.63) is 42.2 Å². The Hall–Kier alpha value is -1.40. The lowest BCUT2D eigenvalue weighted by Gasteiger charge is -2.18. The summed E-state index contributed by atoms with van der Waals surface area (Å²) in [5, 5.41) is -0.495. The normalized spacial score (nSPS) is 32.0. The van der Waals surface area contributed by atoms with Gasteiger partial charge in [0.25, 0.3) is 0 Å². The zero-order chi connectivity index (χ0) is 16.0. The van der Waals surface area contributed by atoms with E-state index in [1.807, 2.05) is 24.3 Å². The van der Waals surface area contributed by atoms with Gasteiger partial charge in [0.2, 0.25) is 15.9 Å². The molecule has 2 heterocycles. The maximum atomic E-state index is 12.7. The van der Waals surface area contributed by atoms with Crippen LogP contribution in [0.5, 0.6) is 0 Å². The van der Waals surface area contributed by atoms with Crippen LogP contribution in [0.15, 0.2) is 36.7 Å². The summed E-state index contributed by atoms with van der Waals surface area (Å²) in [5.74, 6) is -0.319.